The molecule has 142 valence electrons. The lowest BCUT2D eigenvalue weighted by Crippen LogP contribution is -2.38. The molecule has 0 radical (unpaired) electrons. The molecule has 2 unspecified atom stereocenters. The van der Waals surface area contributed by atoms with E-state index in [2.05, 4.69) is 18.1 Å². The van der Waals surface area contributed by atoms with E-state index in [4.69, 9.17) is 5.73 Å². The number of hydrogen-bond acceptors (Lipinski definition) is 4. The molecule has 0 saturated carbocycles. The summed E-state index contributed by atoms with van der Waals surface area (Å²) in [6.07, 6.45) is 0.722. The summed E-state index contributed by atoms with van der Waals surface area (Å²) in [5.74, 6) is 0.299. The van der Waals surface area contributed by atoms with Gasteiger partial charge in [-0.15, -0.1) is 0 Å². The Morgan fingerprint density at radius 3 is 2.11 bits per heavy atom. The molecule has 4 nitrogen and oxygen atoms in total. The summed E-state index contributed by atoms with van der Waals surface area (Å²) in [6, 6.07) is 25.3. The van der Waals surface area contributed by atoms with Crippen LogP contribution in [0.1, 0.15) is 17.0 Å². The van der Waals surface area contributed by atoms with E-state index in [0.717, 1.165) is 11.1 Å². The lowest BCUT2D eigenvalue weighted by Gasteiger charge is -2.33. The lowest BCUT2D eigenvalue weighted by atomic mass is 9.88. The molecule has 28 heavy (non-hydrogen) atoms. The Morgan fingerprint density at radius 2 is 1.54 bits per heavy atom. The third-order valence-electron chi connectivity index (χ3n) is 4.64. The predicted molar refractivity (Wildman–Crippen MR) is 115 cm³/mol. The van der Waals surface area contributed by atoms with Gasteiger partial charge < -0.3 is 15.7 Å². The predicted octanol–water partition coefficient (Wildman–Crippen LogP) is 4.22. The van der Waals surface area contributed by atoms with Gasteiger partial charge in [0.25, 0.3) is 0 Å². The van der Waals surface area contributed by atoms with Gasteiger partial charge in [-0.1, -0.05) is 79.9 Å². The number of aliphatic hydroxyl groups excluding tert-OH is 1. The molecule has 0 aliphatic carbocycles. The number of pyridine rings is 1. The van der Waals surface area contributed by atoms with E-state index in [1.807, 2.05) is 83.8 Å². The summed E-state index contributed by atoms with van der Waals surface area (Å²) in [5.41, 5.74) is 9.10. The minimum atomic E-state index is -0.986. The minimum Gasteiger partial charge on any atom is -0.402 e. The topological polar surface area (TPSA) is 62.4 Å². The quantitative estimate of drug-likeness (QED) is 0.460. The van der Waals surface area contributed by atoms with Crippen molar-refractivity contribution in [3.05, 3.63) is 121 Å². The normalized spacial score (nSPS) is 12.8. The van der Waals surface area contributed by atoms with Crippen molar-refractivity contribution in [3.63, 3.8) is 0 Å². The zero-order valence-electron chi connectivity index (χ0n) is 15.8. The summed E-state index contributed by atoms with van der Waals surface area (Å²) in [4.78, 5) is 6.24. The maximum atomic E-state index is 11.3. The summed E-state index contributed by atoms with van der Waals surface area (Å²) in [5, 5.41) is 11.3. The lowest BCUT2D eigenvalue weighted by molar-refractivity contribution is 0.196. The van der Waals surface area contributed by atoms with Crippen molar-refractivity contribution in [3.8, 4) is 0 Å². The number of aromatic nitrogens is 1. The Balaban J connectivity index is 1.94. The van der Waals surface area contributed by atoms with E-state index in [0.29, 0.717) is 23.6 Å². The van der Waals surface area contributed by atoms with Crippen LogP contribution >= 0.6 is 0 Å². The summed E-state index contributed by atoms with van der Waals surface area (Å²) in [7, 11) is 0. The van der Waals surface area contributed by atoms with Crippen molar-refractivity contribution in [1.82, 2.24) is 4.98 Å². The minimum absolute atomic E-state index is 0.363. The van der Waals surface area contributed by atoms with Crippen LogP contribution in [0.3, 0.4) is 0 Å². The second-order valence-electron chi connectivity index (χ2n) is 6.67. The number of benzene rings is 2. The van der Waals surface area contributed by atoms with E-state index < -0.39 is 6.23 Å². The highest BCUT2D eigenvalue weighted by Crippen LogP contribution is 2.32. The highest BCUT2D eigenvalue weighted by molar-refractivity contribution is 5.46. The first kappa shape index (κ1) is 19.4. The van der Waals surface area contributed by atoms with Gasteiger partial charge >= 0.3 is 0 Å². The first-order valence-electron chi connectivity index (χ1n) is 9.15. The van der Waals surface area contributed by atoms with E-state index in [9.17, 15) is 5.11 Å². The van der Waals surface area contributed by atoms with E-state index in [1.165, 1.54) is 0 Å². The van der Waals surface area contributed by atoms with Crippen LogP contribution in [0.5, 0.6) is 0 Å². The van der Waals surface area contributed by atoms with Crippen LogP contribution < -0.4 is 10.6 Å². The maximum Gasteiger partial charge on any atom is 0.151 e. The number of nitrogens with zero attached hydrogens (tertiary/aromatic N) is 2. The second-order valence-corrected chi connectivity index (χ2v) is 6.67. The largest absolute Gasteiger partial charge is 0.402 e. The molecule has 3 rings (SSSR count). The molecule has 0 aliphatic rings. The van der Waals surface area contributed by atoms with Crippen LogP contribution in [0.4, 0.5) is 5.82 Å². The van der Waals surface area contributed by atoms with Gasteiger partial charge in [-0.25, -0.2) is 4.98 Å². The van der Waals surface area contributed by atoms with E-state index in [1.54, 1.807) is 6.20 Å². The van der Waals surface area contributed by atoms with E-state index >= 15 is 0 Å². The monoisotopic (exact) mass is 371 g/mol. The average Bonchev–Trinajstić information content (AvgIpc) is 2.73. The molecular weight excluding hydrogens is 346 g/mol. The SMILES string of the molecule is C=C(N)C(C(=C)C(O)N(Cc1ccccc1)c1ccccn1)c1ccccc1. The molecular formula is C24H25N3O. The third kappa shape index (κ3) is 4.48. The van der Waals surface area contributed by atoms with Gasteiger partial charge in [0.15, 0.2) is 6.23 Å². The Morgan fingerprint density at radius 1 is 0.929 bits per heavy atom. The molecule has 0 fully saturated rings. The average molecular weight is 371 g/mol. The van der Waals surface area contributed by atoms with Crippen LogP contribution in [-0.2, 0) is 6.54 Å². The zero-order valence-corrected chi connectivity index (χ0v) is 15.8. The van der Waals surface area contributed by atoms with Crippen LogP contribution in [0, 0.1) is 0 Å². The molecule has 3 aromatic rings. The highest BCUT2D eigenvalue weighted by atomic mass is 16.3. The van der Waals surface area contributed by atoms with Crippen molar-refractivity contribution < 1.29 is 5.11 Å². The van der Waals surface area contributed by atoms with Crippen LogP contribution in [0.15, 0.2) is 109 Å². The fourth-order valence-electron chi connectivity index (χ4n) is 3.26. The molecule has 0 aliphatic heterocycles. The molecule has 1 aromatic heterocycles. The highest BCUT2D eigenvalue weighted by Gasteiger charge is 2.28. The zero-order chi connectivity index (χ0) is 19.9. The third-order valence-corrected chi connectivity index (χ3v) is 4.64. The Kier molecular flexibility index (Phi) is 6.25. The first-order chi connectivity index (χ1) is 13.6. The van der Waals surface area contributed by atoms with Gasteiger partial charge in [0.1, 0.15) is 5.82 Å². The first-order valence-corrected chi connectivity index (χ1v) is 9.15. The standard InChI is InChI=1S/C24H25N3O/c1-18(23(19(2)25)21-13-7-4-8-14-21)24(28)27(22-15-9-10-16-26-22)17-20-11-5-3-6-12-20/h3-16,23-24,28H,1-2,17,25H2. The number of rotatable bonds is 8. The summed E-state index contributed by atoms with van der Waals surface area (Å²) < 4.78 is 0. The number of nitrogens with two attached hydrogens (primary N) is 1. The van der Waals surface area contributed by atoms with Gasteiger partial charge in [-0.05, 0) is 28.8 Å². The fourth-order valence-corrected chi connectivity index (χ4v) is 3.26. The van der Waals surface area contributed by atoms with Gasteiger partial charge in [-0.2, -0.15) is 0 Å². The van der Waals surface area contributed by atoms with Crippen LogP contribution in [0.25, 0.3) is 0 Å². The Hall–Kier alpha value is -3.37. The molecule has 0 bridgehead atoms. The number of aliphatic hydroxyl groups is 1. The smallest absolute Gasteiger partial charge is 0.151 e. The van der Waals surface area contributed by atoms with E-state index in [-0.39, 0.29) is 5.92 Å². The molecule has 2 aromatic carbocycles. The van der Waals surface area contributed by atoms with Gasteiger partial charge in [0.05, 0.1) is 0 Å². The van der Waals surface area contributed by atoms with Crippen molar-refractivity contribution in [2.24, 2.45) is 5.73 Å². The van der Waals surface area contributed by atoms with Gasteiger partial charge in [0, 0.05) is 24.4 Å². The van der Waals surface area contributed by atoms with Crippen molar-refractivity contribution in [1.29, 1.82) is 0 Å². The molecule has 0 saturated heterocycles. The van der Waals surface area contributed by atoms with Gasteiger partial charge in [0.2, 0.25) is 0 Å². The summed E-state index contributed by atoms with van der Waals surface area (Å²) >= 11 is 0. The van der Waals surface area contributed by atoms with Gasteiger partial charge in [-0.3, -0.25) is 0 Å². The number of anilines is 1. The van der Waals surface area contributed by atoms with Crippen molar-refractivity contribution >= 4 is 5.82 Å². The van der Waals surface area contributed by atoms with Crippen LogP contribution in [0.2, 0.25) is 0 Å². The molecule has 2 atom stereocenters. The van der Waals surface area contributed by atoms with Crippen molar-refractivity contribution in [2.45, 2.75) is 18.7 Å². The molecule has 1 heterocycles. The number of hydrogen-bond donors (Lipinski definition) is 2. The number of allylic oxidation sites excluding steroid dienone is 1. The molecule has 0 amide bonds. The summed E-state index contributed by atoms with van der Waals surface area (Å²) in [6.45, 7) is 8.59. The Bertz CT molecular complexity index is 910. The molecule has 4 heteroatoms. The molecule has 3 N–H and O–H groups in total. The maximum absolute atomic E-state index is 11.3. The Labute approximate surface area is 166 Å². The molecule has 0 spiro atoms. The van der Waals surface area contributed by atoms with Crippen molar-refractivity contribution in [2.75, 3.05) is 4.90 Å². The van der Waals surface area contributed by atoms with Crippen LogP contribution in [-0.4, -0.2) is 16.3 Å². The second kappa shape index (κ2) is 9.02. The fraction of sp³-hybridized carbons (Fsp3) is 0.125.